The number of esters is 2. The predicted octanol–water partition coefficient (Wildman–Crippen LogP) is 7.07. The number of unbranched alkanes of at least 4 members (excludes halogenated alkanes) is 1. The largest absolute Gasteiger partial charge is 0.461 e. The van der Waals surface area contributed by atoms with E-state index in [1.54, 1.807) is 71.8 Å². The third-order valence-corrected chi connectivity index (χ3v) is 15.0. The molecule has 384 valence electrons. The fourth-order valence-electron chi connectivity index (χ4n) is 11.2. The van der Waals surface area contributed by atoms with E-state index in [1.807, 2.05) is 43.1 Å². The number of ether oxygens (including phenoxy) is 6. The van der Waals surface area contributed by atoms with Gasteiger partial charge in [-0.1, -0.05) is 58.0 Å². The van der Waals surface area contributed by atoms with Crippen molar-refractivity contribution in [1.29, 1.82) is 0 Å². The van der Waals surface area contributed by atoms with Crippen LogP contribution in [0.3, 0.4) is 0 Å². The van der Waals surface area contributed by atoms with Crippen LogP contribution in [0.25, 0.3) is 11.0 Å². The number of nitro groups is 1. The van der Waals surface area contributed by atoms with Gasteiger partial charge in [0.05, 0.1) is 58.5 Å². The molecule has 4 heterocycles. The van der Waals surface area contributed by atoms with E-state index >= 15 is 4.79 Å². The number of para-hydroxylation sites is 2. The van der Waals surface area contributed by atoms with Crippen molar-refractivity contribution in [3.05, 3.63) is 83.2 Å². The molecule has 0 radical (unpaired) electrons. The number of carbonyl (C=O) groups is 4. The number of aliphatic hydroxyl groups is 1. The Labute approximate surface area is 411 Å². The fourth-order valence-corrected chi connectivity index (χ4v) is 11.2. The van der Waals surface area contributed by atoms with Crippen LogP contribution in [0.2, 0.25) is 0 Å². The van der Waals surface area contributed by atoms with E-state index in [0.717, 1.165) is 11.0 Å². The van der Waals surface area contributed by atoms with Gasteiger partial charge in [-0.2, -0.15) is 0 Å². The van der Waals surface area contributed by atoms with E-state index in [2.05, 4.69) is 16.1 Å². The Morgan fingerprint density at radius 2 is 1.77 bits per heavy atom. The quantitative estimate of drug-likeness (QED) is 0.0380. The van der Waals surface area contributed by atoms with Gasteiger partial charge >= 0.3 is 18.0 Å². The zero-order chi connectivity index (χ0) is 51.2. The number of cyclic esters (lactones) is 1. The van der Waals surface area contributed by atoms with Crippen molar-refractivity contribution >= 4 is 40.5 Å². The van der Waals surface area contributed by atoms with Crippen LogP contribution in [0, 0.1) is 33.8 Å². The number of fused-ring (bicyclic) bond motifs is 2. The van der Waals surface area contributed by atoms with Crippen LogP contribution in [0.1, 0.15) is 93.1 Å². The highest BCUT2D eigenvalue weighted by molar-refractivity contribution is 5.85. The summed E-state index contributed by atoms with van der Waals surface area (Å²) in [6, 6.07) is 12.2. The second-order valence-corrected chi connectivity index (χ2v) is 20.1. The number of aryl methyl sites for hydroxylation is 1. The van der Waals surface area contributed by atoms with E-state index in [-0.39, 0.29) is 43.4 Å². The molecule has 3 aliphatic rings. The molecular weight excluding hydrogens is 903 g/mol. The van der Waals surface area contributed by atoms with Crippen molar-refractivity contribution in [1.82, 2.24) is 19.4 Å². The molecule has 3 saturated heterocycles. The van der Waals surface area contributed by atoms with Crippen molar-refractivity contribution in [2.45, 2.75) is 161 Å². The summed E-state index contributed by atoms with van der Waals surface area (Å²) in [5.74, 6) is -5.42. The number of nitro benzene ring substituents is 1. The van der Waals surface area contributed by atoms with Crippen molar-refractivity contribution < 1.29 is 57.6 Å². The van der Waals surface area contributed by atoms with Crippen LogP contribution in [0.15, 0.2) is 67.5 Å². The number of amides is 1. The molecule has 1 amide bonds. The minimum absolute atomic E-state index is 0.0569. The summed E-state index contributed by atoms with van der Waals surface area (Å²) in [6.45, 7) is 19.3. The Morgan fingerprint density at radius 1 is 1.06 bits per heavy atom. The smallest absolute Gasteiger partial charge is 0.410 e. The van der Waals surface area contributed by atoms with E-state index in [4.69, 9.17) is 28.4 Å². The number of likely N-dealkylation sites (N-methyl/N-ethyl adjacent to an activating group) is 1. The molecule has 0 spiro atoms. The first kappa shape index (κ1) is 54.1. The summed E-state index contributed by atoms with van der Waals surface area (Å²) in [7, 11) is 3.35. The van der Waals surface area contributed by atoms with Crippen molar-refractivity contribution in [3.8, 4) is 0 Å². The van der Waals surface area contributed by atoms with Gasteiger partial charge in [0.2, 0.25) is 0 Å². The minimum Gasteiger partial charge on any atom is -0.461 e. The molecule has 1 N–H and O–H groups in total. The maximum Gasteiger partial charge on any atom is 0.410 e. The van der Waals surface area contributed by atoms with Gasteiger partial charge in [0, 0.05) is 62.7 Å². The first-order chi connectivity index (χ1) is 33.2. The number of benzene rings is 2. The monoisotopic (exact) mass is 976 g/mol. The molecule has 0 saturated carbocycles. The average Bonchev–Trinajstić information content (AvgIpc) is 3.86. The third-order valence-electron chi connectivity index (χ3n) is 15.0. The molecule has 1 aromatic heterocycles. The molecule has 3 fully saturated rings. The molecule has 0 unspecified atom stereocenters. The molecule has 14 atom stereocenters. The SMILES string of the molecule is C=CCN(C)[C@@H]1C[C@H](C)O[C@H](O[C@@H]2[C@@H](C)[C@H](OC(=O)Cc3cccc([N+](=O)[O-])c3)[C@@H](C)C(=O)O[C@H](CC)[C@@]3(C)OC(=O)N(CCCCn4cnc5ccccc54)[C@@H]3[C@@H](C)C(=O)[C@H](C)C[C@@]2(C)OC)[C@H]1O. The number of Topliss-reactive ketones (excluding diaryl/α,β-unsaturated/α-hetero) is 1. The summed E-state index contributed by atoms with van der Waals surface area (Å²) >= 11 is 0. The summed E-state index contributed by atoms with van der Waals surface area (Å²) in [6.07, 6.45) is -1.71. The van der Waals surface area contributed by atoms with Crippen LogP contribution < -0.4 is 0 Å². The third kappa shape index (κ3) is 11.6. The molecule has 18 heteroatoms. The van der Waals surface area contributed by atoms with Crippen LogP contribution in [0.5, 0.6) is 0 Å². The lowest BCUT2D eigenvalue weighted by molar-refractivity contribution is -0.384. The molecular formula is C52H73N5O13. The maximum atomic E-state index is 15.1. The first-order valence-corrected chi connectivity index (χ1v) is 24.6. The van der Waals surface area contributed by atoms with Crippen molar-refractivity contribution in [2.75, 3.05) is 27.2 Å². The summed E-state index contributed by atoms with van der Waals surface area (Å²) in [5.41, 5.74) is -0.883. The highest BCUT2D eigenvalue weighted by atomic mass is 16.7. The number of nitrogens with zero attached hydrogens (tertiary/aromatic N) is 5. The molecule has 3 aliphatic heterocycles. The van der Waals surface area contributed by atoms with Crippen molar-refractivity contribution in [2.24, 2.45) is 23.7 Å². The van der Waals surface area contributed by atoms with Gasteiger partial charge in [0.25, 0.3) is 5.69 Å². The Morgan fingerprint density at radius 3 is 2.46 bits per heavy atom. The summed E-state index contributed by atoms with van der Waals surface area (Å²) in [4.78, 5) is 77.3. The Kier molecular flexibility index (Phi) is 17.7. The van der Waals surface area contributed by atoms with Gasteiger partial charge in [-0.25, -0.2) is 9.78 Å². The normalized spacial score (nSPS) is 33.3. The number of carbonyl (C=O) groups excluding carboxylic acids is 4. The molecule has 70 heavy (non-hydrogen) atoms. The number of hydrogen-bond acceptors (Lipinski definition) is 15. The zero-order valence-electron chi connectivity index (χ0n) is 42.4. The van der Waals surface area contributed by atoms with Crippen molar-refractivity contribution in [3.63, 3.8) is 0 Å². The minimum atomic E-state index is -1.49. The first-order valence-electron chi connectivity index (χ1n) is 24.6. The topological polar surface area (TPSA) is 211 Å². The number of hydrogen-bond donors (Lipinski definition) is 1. The fraction of sp³-hybridized carbons (Fsp3) is 0.635. The molecule has 0 aliphatic carbocycles. The molecule has 2 aromatic carbocycles. The Bertz CT molecular complexity index is 2340. The molecule has 3 aromatic rings. The van der Waals surface area contributed by atoms with Crippen LogP contribution in [-0.2, 0) is 55.8 Å². The lowest BCUT2D eigenvalue weighted by Crippen LogP contribution is -2.61. The van der Waals surface area contributed by atoms with Crippen LogP contribution >= 0.6 is 0 Å². The van der Waals surface area contributed by atoms with Gasteiger partial charge in [-0.15, -0.1) is 6.58 Å². The highest BCUT2D eigenvalue weighted by Gasteiger charge is 2.60. The lowest BCUT2D eigenvalue weighted by atomic mass is 9.73. The number of non-ortho nitro benzene ring substituents is 1. The van der Waals surface area contributed by atoms with Crippen LogP contribution in [0.4, 0.5) is 10.5 Å². The van der Waals surface area contributed by atoms with Gasteiger partial charge < -0.3 is 43.0 Å². The molecule has 6 rings (SSSR count). The highest BCUT2D eigenvalue weighted by Crippen LogP contribution is 2.44. The Balaban J connectivity index is 1.39. The van der Waals surface area contributed by atoms with Gasteiger partial charge in [0.1, 0.15) is 24.1 Å². The summed E-state index contributed by atoms with van der Waals surface area (Å²) in [5, 5.41) is 23.6. The molecule has 0 bridgehead atoms. The number of aliphatic hydroxyl groups excluding tert-OH is 1. The van der Waals surface area contributed by atoms with Gasteiger partial charge in [-0.05, 0) is 84.5 Å². The standard InChI is InChI=1S/C52H73N5O13/c1-12-23-54(10)40-26-32(4)66-49(44(40)60)69-47-34(6)45(68-42(58)28-36-19-18-20-37(27-36)57(63)64)35(7)48(61)67-41(13-2)52(9)46(33(5)43(59)31(3)29-51(47,8)65-11)56(50(62)70-52)25-17-16-24-55-30-53-38-21-14-15-22-39(38)55/h12,14-15,18-22,27,30-35,40-41,44-47,49,60H,1,13,16-17,23-26,28-29H2,2-11H3/t31-,32+,33+,34+,35-,40-,41-,44+,45+,46-,47-,49-,51-,52-/m1/s1. The second kappa shape index (κ2) is 22.9. The second-order valence-electron chi connectivity index (χ2n) is 20.1. The van der Waals surface area contributed by atoms with E-state index in [1.165, 1.54) is 25.3 Å². The number of methoxy groups -OCH3 is 1. The number of ketones is 1. The van der Waals surface area contributed by atoms with Gasteiger partial charge in [-0.3, -0.25) is 29.4 Å². The van der Waals surface area contributed by atoms with Crippen LogP contribution in [-0.4, -0.2) is 141 Å². The van der Waals surface area contributed by atoms with E-state index < -0.39 is 101 Å². The maximum absolute atomic E-state index is 15.1. The van der Waals surface area contributed by atoms with E-state index in [0.29, 0.717) is 37.9 Å². The van der Waals surface area contributed by atoms with Gasteiger partial charge in [0.15, 0.2) is 11.9 Å². The molecule has 18 nitrogen and oxygen atoms in total. The predicted molar refractivity (Wildman–Crippen MR) is 259 cm³/mol. The number of rotatable bonds is 16. The number of imidazole rings is 1. The number of aromatic nitrogens is 2. The zero-order valence-corrected chi connectivity index (χ0v) is 42.4. The summed E-state index contributed by atoms with van der Waals surface area (Å²) < 4.78 is 40.7. The van der Waals surface area contributed by atoms with E-state index in [9.17, 15) is 29.6 Å². The lowest BCUT2D eigenvalue weighted by Gasteiger charge is -2.48. The Hall–Kier alpha value is -5.27. The average molecular weight is 976 g/mol.